The Hall–Kier alpha value is -1.69. The Morgan fingerprint density at radius 1 is 1.47 bits per heavy atom. The fourth-order valence-electron chi connectivity index (χ4n) is 1.61. The molecule has 0 unspecified atom stereocenters. The summed E-state index contributed by atoms with van der Waals surface area (Å²) in [6.07, 6.45) is 3.25. The van der Waals surface area contributed by atoms with Gasteiger partial charge in [-0.1, -0.05) is 0 Å². The van der Waals surface area contributed by atoms with Crippen LogP contribution in [0.4, 0.5) is 0 Å². The van der Waals surface area contributed by atoms with Crippen molar-refractivity contribution in [1.82, 2.24) is 19.3 Å². The molecule has 0 amide bonds. The van der Waals surface area contributed by atoms with Crippen molar-refractivity contribution in [2.75, 3.05) is 6.61 Å². The predicted octanol–water partition coefficient (Wildman–Crippen LogP) is 0.555. The van der Waals surface area contributed by atoms with Crippen LogP contribution in [0.2, 0.25) is 0 Å². The standard InChI is InChI=1S/C11H16N4O2/c1-8(2)17-5-4-15-7-12-10-9(11(15)16)6-13-14(10)3/h6-8H,4-5H2,1-3H3. The van der Waals surface area contributed by atoms with Crippen LogP contribution in [0.1, 0.15) is 13.8 Å². The summed E-state index contributed by atoms with van der Waals surface area (Å²) in [5.74, 6) is 0. The van der Waals surface area contributed by atoms with Crippen molar-refractivity contribution in [3.63, 3.8) is 0 Å². The lowest BCUT2D eigenvalue weighted by Crippen LogP contribution is -2.23. The Morgan fingerprint density at radius 2 is 2.24 bits per heavy atom. The molecule has 2 aromatic heterocycles. The van der Waals surface area contributed by atoms with Crippen LogP contribution in [0, 0.1) is 0 Å². The molecule has 0 atom stereocenters. The van der Waals surface area contributed by atoms with Gasteiger partial charge < -0.3 is 4.74 Å². The largest absolute Gasteiger partial charge is 0.377 e. The quantitative estimate of drug-likeness (QED) is 0.778. The minimum absolute atomic E-state index is 0.0737. The lowest BCUT2D eigenvalue weighted by Gasteiger charge is -2.08. The molecule has 0 aromatic carbocycles. The van der Waals surface area contributed by atoms with Crippen LogP contribution in [-0.2, 0) is 18.3 Å². The van der Waals surface area contributed by atoms with Crippen LogP contribution in [0.25, 0.3) is 11.0 Å². The van der Waals surface area contributed by atoms with Crippen molar-refractivity contribution >= 4 is 11.0 Å². The lowest BCUT2D eigenvalue weighted by molar-refractivity contribution is 0.0722. The average Bonchev–Trinajstić information content (AvgIpc) is 2.64. The maximum absolute atomic E-state index is 12.0. The molecule has 0 bridgehead atoms. The highest BCUT2D eigenvalue weighted by molar-refractivity contribution is 5.72. The molecule has 17 heavy (non-hydrogen) atoms. The fourth-order valence-corrected chi connectivity index (χ4v) is 1.61. The first-order valence-corrected chi connectivity index (χ1v) is 5.58. The van der Waals surface area contributed by atoms with E-state index in [0.717, 1.165) is 0 Å². The number of aryl methyl sites for hydroxylation is 1. The number of hydrogen-bond acceptors (Lipinski definition) is 4. The average molecular weight is 236 g/mol. The van der Waals surface area contributed by atoms with Gasteiger partial charge in [-0.05, 0) is 13.8 Å². The summed E-state index contributed by atoms with van der Waals surface area (Å²) in [5.41, 5.74) is 0.534. The first-order valence-electron chi connectivity index (χ1n) is 5.58. The van der Waals surface area contributed by atoms with Gasteiger partial charge in [-0.3, -0.25) is 14.0 Å². The van der Waals surface area contributed by atoms with E-state index in [9.17, 15) is 4.79 Å². The third kappa shape index (κ3) is 2.36. The van der Waals surface area contributed by atoms with Gasteiger partial charge in [-0.15, -0.1) is 0 Å². The predicted molar refractivity (Wildman–Crippen MR) is 63.9 cm³/mol. The summed E-state index contributed by atoms with van der Waals surface area (Å²) in [6, 6.07) is 0. The molecule has 6 heteroatoms. The minimum Gasteiger partial charge on any atom is -0.377 e. The summed E-state index contributed by atoms with van der Waals surface area (Å²) in [4.78, 5) is 16.2. The van der Waals surface area contributed by atoms with Gasteiger partial charge in [0, 0.05) is 7.05 Å². The van der Waals surface area contributed by atoms with E-state index in [-0.39, 0.29) is 11.7 Å². The van der Waals surface area contributed by atoms with Gasteiger partial charge >= 0.3 is 0 Å². The number of rotatable bonds is 4. The van der Waals surface area contributed by atoms with Crippen molar-refractivity contribution in [2.24, 2.45) is 7.05 Å². The number of fused-ring (bicyclic) bond motifs is 1. The van der Waals surface area contributed by atoms with Crippen molar-refractivity contribution in [3.8, 4) is 0 Å². The summed E-state index contributed by atoms with van der Waals surface area (Å²) < 4.78 is 8.55. The molecule has 2 heterocycles. The molecule has 0 aliphatic heterocycles. The van der Waals surface area contributed by atoms with Gasteiger partial charge in [-0.2, -0.15) is 5.10 Å². The molecule has 2 aromatic rings. The van der Waals surface area contributed by atoms with Crippen molar-refractivity contribution in [2.45, 2.75) is 26.5 Å². The molecule has 0 saturated carbocycles. The Bertz CT molecular complexity index is 570. The monoisotopic (exact) mass is 236 g/mol. The molecule has 0 saturated heterocycles. The molecule has 92 valence electrons. The zero-order valence-electron chi connectivity index (χ0n) is 10.3. The molecule has 0 aliphatic carbocycles. The Labute approximate surface area is 98.8 Å². The van der Waals surface area contributed by atoms with E-state index in [1.807, 2.05) is 13.8 Å². The molecular weight excluding hydrogens is 220 g/mol. The van der Waals surface area contributed by atoms with Crippen LogP contribution in [0.15, 0.2) is 17.3 Å². The fraction of sp³-hybridized carbons (Fsp3) is 0.545. The van der Waals surface area contributed by atoms with E-state index < -0.39 is 0 Å². The second-order valence-electron chi connectivity index (χ2n) is 4.17. The molecule has 0 fully saturated rings. The Kier molecular flexibility index (Phi) is 3.23. The first-order chi connectivity index (χ1) is 8.09. The second kappa shape index (κ2) is 4.67. The zero-order valence-corrected chi connectivity index (χ0v) is 10.3. The van der Waals surface area contributed by atoms with Crippen molar-refractivity contribution in [3.05, 3.63) is 22.9 Å². The summed E-state index contributed by atoms with van der Waals surface area (Å²) in [6.45, 7) is 4.94. The van der Waals surface area contributed by atoms with E-state index in [4.69, 9.17) is 4.74 Å². The summed E-state index contributed by atoms with van der Waals surface area (Å²) >= 11 is 0. The van der Waals surface area contributed by atoms with Crippen LogP contribution < -0.4 is 5.56 Å². The molecule has 2 rings (SSSR count). The number of hydrogen-bond donors (Lipinski definition) is 0. The van der Waals surface area contributed by atoms with Gasteiger partial charge in [0.15, 0.2) is 5.65 Å². The van der Waals surface area contributed by atoms with E-state index >= 15 is 0 Å². The van der Waals surface area contributed by atoms with Crippen LogP contribution in [-0.4, -0.2) is 32.0 Å². The van der Waals surface area contributed by atoms with E-state index in [2.05, 4.69) is 10.1 Å². The molecule has 0 spiro atoms. The smallest absolute Gasteiger partial charge is 0.264 e. The number of ether oxygens (including phenoxy) is 1. The molecule has 0 radical (unpaired) electrons. The van der Waals surface area contributed by atoms with Crippen molar-refractivity contribution < 1.29 is 4.74 Å². The molecule has 6 nitrogen and oxygen atoms in total. The Morgan fingerprint density at radius 3 is 2.94 bits per heavy atom. The van der Waals surface area contributed by atoms with E-state index in [1.54, 1.807) is 22.5 Å². The summed E-state index contributed by atoms with van der Waals surface area (Å²) in [5, 5.41) is 4.56. The third-order valence-electron chi connectivity index (χ3n) is 2.50. The van der Waals surface area contributed by atoms with Gasteiger partial charge in [0.05, 0.1) is 25.5 Å². The highest BCUT2D eigenvalue weighted by Gasteiger charge is 2.07. The van der Waals surface area contributed by atoms with Gasteiger partial charge in [0.25, 0.3) is 5.56 Å². The minimum atomic E-state index is -0.0737. The second-order valence-corrected chi connectivity index (χ2v) is 4.17. The highest BCUT2D eigenvalue weighted by Crippen LogP contribution is 2.02. The highest BCUT2D eigenvalue weighted by atomic mass is 16.5. The lowest BCUT2D eigenvalue weighted by atomic mass is 10.4. The normalized spacial score (nSPS) is 11.5. The maximum atomic E-state index is 12.0. The van der Waals surface area contributed by atoms with Gasteiger partial charge in [0.2, 0.25) is 0 Å². The van der Waals surface area contributed by atoms with Crippen LogP contribution >= 0.6 is 0 Å². The number of nitrogens with zero attached hydrogens (tertiary/aromatic N) is 4. The molecule has 0 aliphatic rings. The zero-order chi connectivity index (χ0) is 12.4. The topological polar surface area (TPSA) is 61.9 Å². The molecular formula is C11H16N4O2. The van der Waals surface area contributed by atoms with Crippen LogP contribution in [0.3, 0.4) is 0 Å². The van der Waals surface area contributed by atoms with Crippen molar-refractivity contribution in [1.29, 1.82) is 0 Å². The number of aromatic nitrogens is 4. The van der Waals surface area contributed by atoms with Gasteiger partial charge in [0.1, 0.15) is 11.7 Å². The summed E-state index contributed by atoms with van der Waals surface area (Å²) in [7, 11) is 1.76. The van der Waals surface area contributed by atoms with E-state index in [1.165, 1.54) is 6.33 Å². The maximum Gasteiger partial charge on any atom is 0.264 e. The SMILES string of the molecule is CC(C)OCCn1cnc2c(cnn2C)c1=O. The van der Waals surface area contributed by atoms with Gasteiger partial charge in [-0.25, -0.2) is 4.98 Å². The Balaban J connectivity index is 2.24. The first kappa shape index (κ1) is 11.8. The van der Waals surface area contributed by atoms with E-state index in [0.29, 0.717) is 24.2 Å². The molecule has 0 N–H and O–H groups in total. The van der Waals surface area contributed by atoms with Crippen LogP contribution in [0.5, 0.6) is 0 Å². The third-order valence-corrected chi connectivity index (χ3v) is 2.50.